The molecule has 108 valence electrons. The van der Waals surface area contributed by atoms with E-state index in [1.807, 2.05) is 12.1 Å². The summed E-state index contributed by atoms with van der Waals surface area (Å²) in [5.41, 5.74) is 3.40. The molecule has 1 aliphatic heterocycles. The van der Waals surface area contributed by atoms with Crippen molar-refractivity contribution in [1.29, 1.82) is 0 Å². The normalized spacial score (nSPS) is 18.4. The molecule has 4 heteroatoms. The van der Waals surface area contributed by atoms with Crippen LogP contribution in [0.4, 0.5) is 0 Å². The molecule has 1 heterocycles. The predicted octanol–water partition coefficient (Wildman–Crippen LogP) is 2.52. The smallest absolute Gasteiger partial charge is 0.165 e. The van der Waals surface area contributed by atoms with E-state index in [0.717, 1.165) is 12.0 Å². The highest BCUT2D eigenvalue weighted by atomic mass is 16.5. The van der Waals surface area contributed by atoms with Crippen LogP contribution >= 0.6 is 0 Å². The molecule has 0 aliphatic carbocycles. The van der Waals surface area contributed by atoms with Crippen molar-refractivity contribution in [3.63, 3.8) is 0 Å². The second kappa shape index (κ2) is 6.01. The van der Waals surface area contributed by atoms with Gasteiger partial charge in [-0.1, -0.05) is 18.2 Å². The van der Waals surface area contributed by atoms with Gasteiger partial charge in [-0.15, -0.1) is 0 Å². The number of benzene rings is 1. The molecule has 2 N–H and O–H groups in total. The van der Waals surface area contributed by atoms with E-state index in [1.54, 1.807) is 20.3 Å². The molecule has 1 atom stereocenters. The predicted molar refractivity (Wildman–Crippen MR) is 78.9 cm³/mol. The van der Waals surface area contributed by atoms with Gasteiger partial charge in [0.15, 0.2) is 11.5 Å². The first kappa shape index (κ1) is 14.5. The van der Waals surface area contributed by atoms with Gasteiger partial charge in [0, 0.05) is 18.2 Å². The molecule has 0 amide bonds. The maximum atomic E-state index is 9.80. The number of allylic oxidation sites excluding steroid dienone is 1. The van der Waals surface area contributed by atoms with Crippen LogP contribution < -0.4 is 10.1 Å². The van der Waals surface area contributed by atoms with E-state index >= 15 is 0 Å². The third kappa shape index (κ3) is 2.80. The van der Waals surface area contributed by atoms with E-state index < -0.39 is 0 Å². The minimum absolute atomic E-state index is 0.187. The van der Waals surface area contributed by atoms with Crippen LogP contribution in [-0.4, -0.2) is 25.4 Å². The standard InChI is InChI=1S/C16H21NO3/c1-10(7-11(2)19-3)14-8-12-5-6-15(18)16(20-4)13(12)9-17-14/h5-7,14,17-18H,2,8-9H2,1,3-4H3. The Labute approximate surface area is 119 Å². The van der Waals surface area contributed by atoms with Gasteiger partial charge in [0.1, 0.15) is 5.76 Å². The van der Waals surface area contributed by atoms with Crippen molar-refractivity contribution in [2.75, 3.05) is 14.2 Å². The van der Waals surface area contributed by atoms with Crippen LogP contribution in [0.5, 0.6) is 11.5 Å². The number of ether oxygens (including phenoxy) is 2. The third-order valence-corrected chi connectivity index (χ3v) is 3.69. The van der Waals surface area contributed by atoms with Crippen molar-refractivity contribution in [3.05, 3.63) is 47.2 Å². The highest BCUT2D eigenvalue weighted by Gasteiger charge is 2.23. The highest BCUT2D eigenvalue weighted by Crippen LogP contribution is 2.35. The number of methoxy groups -OCH3 is 2. The molecule has 1 aliphatic rings. The van der Waals surface area contributed by atoms with Crippen molar-refractivity contribution in [2.45, 2.75) is 25.9 Å². The fourth-order valence-electron chi connectivity index (χ4n) is 2.52. The quantitative estimate of drug-likeness (QED) is 0.655. The van der Waals surface area contributed by atoms with E-state index in [4.69, 9.17) is 9.47 Å². The molecule has 1 unspecified atom stereocenters. The van der Waals surface area contributed by atoms with Crippen molar-refractivity contribution >= 4 is 0 Å². The molecule has 0 aromatic heterocycles. The van der Waals surface area contributed by atoms with E-state index in [2.05, 4.69) is 18.8 Å². The summed E-state index contributed by atoms with van der Waals surface area (Å²) in [6.45, 7) is 6.54. The molecule has 0 bridgehead atoms. The van der Waals surface area contributed by atoms with Gasteiger partial charge in [-0.05, 0) is 31.1 Å². The van der Waals surface area contributed by atoms with Crippen LogP contribution in [0.3, 0.4) is 0 Å². The first-order chi connectivity index (χ1) is 9.56. The third-order valence-electron chi connectivity index (χ3n) is 3.69. The molecule has 0 saturated carbocycles. The lowest BCUT2D eigenvalue weighted by atomic mass is 9.91. The number of fused-ring (bicyclic) bond motifs is 1. The summed E-state index contributed by atoms with van der Waals surface area (Å²) in [6.07, 6.45) is 2.80. The lowest BCUT2D eigenvalue weighted by Crippen LogP contribution is -2.36. The van der Waals surface area contributed by atoms with Gasteiger partial charge in [0.25, 0.3) is 0 Å². The highest BCUT2D eigenvalue weighted by molar-refractivity contribution is 5.51. The number of aromatic hydroxyl groups is 1. The zero-order chi connectivity index (χ0) is 14.7. The monoisotopic (exact) mass is 275 g/mol. The van der Waals surface area contributed by atoms with Gasteiger partial charge < -0.3 is 19.9 Å². The van der Waals surface area contributed by atoms with E-state index in [1.165, 1.54) is 11.1 Å². The Kier molecular flexibility index (Phi) is 4.35. The summed E-state index contributed by atoms with van der Waals surface area (Å²) in [5, 5.41) is 13.3. The van der Waals surface area contributed by atoms with Gasteiger partial charge in [-0.2, -0.15) is 0 Å². The lowest BCUT2D eigenvalue weighted by molar-refractivity contribution is 0.307. The number of hydrogen-bond donors (Lipinski definition) is 2. The zero-order valence-electron chi connectivity index (χ0n) is 12.2. The number of rotatable bonds is 4. The molecular weight excluding hydrogens is 254 g/mol. The molecule has 1 aromatic carbocycles. The Balaban J connectivity index is 2.24. The van der Waals surface area contributed by atoms with Crippen LogP contribution in [0.15, 0.2) is 36.1 Å². The minimum Gasteiger partial charge on any atom is -0.504 e. The van der Waals surface area contributed by atoms with Crippen LogP contribution in [0.25, 0.3) is 0 Å². The lowest BCUT2D eigenvalue weighted by Gasteiger charge is -2.28. The topological polar surface area (TPSA) is 50.7 Å². The van der Waals surface area contributed by atoms with Crippen molar-refractivity contribution < 1.29 is 14.6 Å². The molecule has 0 radical (unpaired) electrons. The Morgan fingerprint density at radius 3 is 2.85 bits per heavy atom. The molecule has 0 saturated heterocycles. The maximum Gasteiger partial charge on any atom is 0.165 e. The van der Waals surface area contributed by atoms with E-state index in [-0.39, 0.29) is 11.8 Å². The van der Waals surface area contributed by atoms with E-state index in [9.17, 15) is 5.11 Å². The Bertz CT molecular complexity index is 549. The molecular formula is C16H21NO3. The number of phenols is 1. The molecule has 0 fully saturated rings. The zero-order valence-corrected chi connectivity index (χ0v) is 12.2. The van der Waals surface area contributed by atoms with Crippen molar-refractivity contribution in [1.82, 2.24) is 5.32 Å². The van der Waals surface area contributed by atoms with Crippen LogP contribution in [0.1, 0.15) is 18.1 Å². The van der Waals surface area contributed by atoms with Crippen LogP contribution in [0, 0.1) is 0 Å². The number of nitrogens with one attached hydrogen (secondary N) is 1. The first-order valence-corrected chi connectivity index (χ1v) is 6.59. The molecule has 0 spiro atoms. The average Bonchev–Trinajstić information content (AvgIpc) is 2.46. The van der Waals surface area contributed by atoms with Gasteiger partial charge in [0.2, 0.25) is 0 Å². The summed E-state index contributed by atoms with van der Waals surface area (Å²) in [7, 11) is 3.19. The van der Waals surface area contributed by atoms with Crippen LogP contribution in [0.2, 0.25) is 0 Å². The SMILES string of the molecule is C=C(C=C(C)C1Cc2ccc(O)c(OC)c2CN1)OC. The van der Waals surface area contributed by atoms with Gasteiger partial charge in [-0.25, -0.2) is 0 Å². The minimum atomic E-state index is 0.187. The van der Waals surface area contributed by atoms with Gasteiger partial charge >= 0.3 is 0 Å². The largest absolute Gasteiger partial charge is 0.504 e. The first-order valence-electron chi connectivity index (χ1n) is 6.59. The Morgan fingerprint density at radius 1 is 1.45 bits per heavy atom. The summed E-state index contributed by atoms with van der Waals surface area (Å²) in [6, 6.07) is 3.88. The van der Waals surface area contributed by atoms with Gasteiger partial charge in [0.05, 0.1) is 14.2 Å². The Morgan fingerprint density at radius 2 is 2.20 bits per heavy atom. The van der Waals surface area contributed by atoms with Crippen molar-refractivity contribution in [2.24, 2.45) is 0 Å². The summed E-state index contributed by atoms with van der Waals surface area (Å²) >= 11 is 0. The molecule has 2 rings (SSSR count). The number of phenolic OH excluding ortho intramolecular Hbond substituents is 1. The Hall–Kier alpha value is -1.94. The summed E-state index contributed by atoms with van der Waals surface area (Å²) in [4.78, 5) is 0. The molecule has 1 aromatic rings. The summed E-state index contributed by atoms with van der Waals surface area (Å²) in [5.74, 6) is 1.40. The van der Waals surface area contributed by atoms with Crippen LogP contribution in [-0.2, 0) is 17.7 Å². The fourth-order valence-corrected chi connectivity index (χ4v) is 2.52. The van der Waals surface area contributed by atoms with Crippen molar-refractivity contribution in [3.8, 4) is 11.5 Å². The maximum absolute atomic E-state index is 9.80. The van der Waals surface area contributed by atoms with E-state index in [0.29, 0.717) is 18.1 Å². The fraction of sp³-hybridized carbons (Fsp3) is 0.375. The molecule has 4 nitrogen and oxygen atoms in total. The second-order valence-electron chi connectivity index (χ2n) is 4.95. The second-order valence-corrected chi connectivity index (χ2v) is 4.95. The summed E-state index contributed by atoms with van der Waals surface area (Å²) < 4.78 is 10.4. The average molecular weight is 275 g/mol. The molecule has 20 heavy (non-hydrogen) atoms. The number of hydrogen-bond acceptors (Lipinski definition) is 4. The van der Waals surface area contributed by atoms with Gasteiger partial charge in [-0.3, -0.25) is 0 Å².